The van der Waals surface area contributed by atoms with E-state index in [1.807, 2.05) is 48.5 Å². The molecule has 0 bridgehead atoms. The van der Waals surface area contributed by atoms with Crippen molar-refractivity contribution >= 4 is 22.4 Å². The lowest BCUT2D eigenvalue weighted by Gasteiger charge is -2.33. The fourth-order valence-electron chi connectivity index (χ4n) is 3.98. The van der Waals surface area contributed by atoms with E-state index >= 15 is 0 Å². The first-order valence-electron chi connectivity index (χ1n) is 10.2. The highest BCUT2D eigenvalue weighted by Crippen LogP contribution is 2.26. The second kappa shape index (κ2) is 8.67. The van der Waals surface area contributed by atoms with E-state index in [2.05, 4.69) is 23.2 Å². The fraction of sp³-hybridized carbons (Fsp3) is 0.391. The number of anilines is 2. The maximum Gasteiger partial charge on any atom is 0.145 e. The van der Waals surface area contributed by atoms with Gasteiger partial charge in [-0.2, -0.15) is 0 Å². The predicted molar refractivity (Wildman–Crippen MR) is 114 cm³/mol. The maximum absolute atomic E-state index is 10.1. The Balaban J connectivity index is 1.53. The van der Waals surface area contributed by atoms with Crippen molar-refractivity contribution in [1.82, 2.24) is 14.9 Å². The number of nitrogens with one attached hydrogen (secondary N) is 1. The van der Waals surface area contributed by atoms with Gasteiger partial charge in [0.05, 0.1) is 18.2 Å². The highest BCUT2D eigenvalue weighted by Gasteiger charge is 2.24. The summed E-state index contributed by atoms with van der Waals surface area (Å²) in [6, 6.07) is 18.3. The summed E-state index contributed by atoms with van der Waals surface area (Å²) in [5, 5.41) is 14.6. The van der Waals surface area contributed by atoms with Crippen LogP contribution in [-0.2, 0) is 6.54 Å². The van der Waals surface area contributed by atoms with E-state index < -0.39 is 0 Å². The van der Waals surface area contributed by atoms with E-state index in [1.165, 1.54) is 0 Å². The highest BCUT2D eigenvalue weighted by molar-refractivity contribution is 5.90. The number of hydrogen-bond donors (Lipinski definition) is 2. The number of aromatic nitrogens is 2. The molecule has 2 N–H and O–H groups in total. The van der Waals surface area contributed by atoms with Crippen LogP contribution in [0.25, 0.3) is 10.9 Å². The molecule has 1 aromatic heterocycles. The molecule has 2 aromatic carbocycles. The summed E-state index contributed by atoms with van der Waals surface area (Å²) in [7, 11) is 0. The van der Waals surface area contributed by atoms with E-state index in [9.17, 15) is 5.11 Å². The van der Waals surface area contributed by atoms with Crippen molar-refractivity contribution in [3.8, 4) is 0 Å². The van der Waals surface area contributed by atoms with E-state index in [0.29, 0.717) is 5.92 Å². The van der Waals surface area contributed by atoms with Crippen molar-refractivity contribution in [1.29, 1.82) is 0 Å². The molecule has 1 aliphatic heterocycles. The van der Waals surface area contributed by atoms with Crippen LogP contribution in [0.5, 0.6) is 0 Å². The van der Waals surface area contributed by atoms with Crippen LogP contribution in [0.3, 0.4) is 0 Å². The molecule has 1 aliphatic rings. The summed E-state index contributed by atoms with van der Waals surface area (Å²) in [6.07, 6.45) is 2.75. The van der Waals surface area contributed by atoms with Gasteiger partial charge in [-0.05, 0) is 62.5 Å². The normalized spacial score (nSPS) is 16.9. The van der Waals surface area contributed by atoms with Crippen molar-refractivity contribution in [2.45, 2.75) is 38.8 Å². The van der Waals surface area contributed by atoms with Crippen LogP contribution in [0.4, 0.5) is 11.5 Å². The number of fused-ring (bicyclic) bond motifs is 1. The van der Waals surface area contributed by atoms with E-state index in [-0.39, 0.29) is 6.10 Å². The SMILES string of the molecule is CC[C@@H](O)C1CCN(Cc2nc(Nc3ccccc3)c3ccccc3n2)CC1. The van der Waals surface area contributed by atoms with Crippen molar-refractivity contribution < 1.29 is 5.11 Å². The lowest BCUT2D eigenvalue weighted by atomic mass is 9.90. The van der Waals surface area contributed by atoms with E-state index in [1.54, 1.807) is 0 Å². The van der Waals surface area contributed by atoms with Crippen LogP contribution in [-0.4, -0.2) is 39.2 Å². The number of aliphatic hydroxyl groups is 1. The second-order valence-corrected chi connectivity index (χ2v) is 7.59. The quantitative estimate of drug-likeness (QED) is 0.669. The zero-order valence-corrected chi connectivity index (χ0v) is 16.4. The predicted octanol–water partition coefficient (Wildman–Crippen LogP) is 4.36. The molecule has 0 spiro atoms. The van der Waals surface area contributed by atoms with Gasteiger partial charge in [0.2, 0.25) is 0 Å². The molecule has 0 amide bonds. The van der Waals surface area contributed by atoms with Crippen LogP contribution in [0.1, 0.15) is 32.0 Å². The van der Waals surface area contributed by atoms with Gasteiger partial charge in [0.15, 0.2) is 0 Å². The van der Waals surface area contributed by atoms with Crippen LogP contribution in [0, 0.1) is 5.92 Å². The molecular weight excluding hydrogens is 348 g/mol. The largest absolute Gasteiger partial charge is 0.393 e. The summed E-state index contributed by atoms with van der Waals surface area (Å²) < 4.78 is 0. The summed E-state index contributed by atoms with van der Waals surface area (Å²) >= 11 is 0. The molecule has 146 valence electrons. The number of rotatable bonds is 6. The third-order valence-electron chi connectivity index (χ3n) is 5.65. The second-order valence-electron chi connectivity index (χ2n) is 7.59. The molecule has 1 atom stereocenters. The molecular formula is C23H28N4O. The molecule has 3 aromatic rings. The van der Waals surface area contributed by atoms with E-state index in [0.717, 1.165) is 67.1 Å². The smallest absolute Gasteiger partial charge is 0.145 e. The van der Waals surface area contributed by atoms with Gasteiger partial charge in [-0.3, -0.25) is 4.90 Å². The Morgan fingerprint density at radius 2 is 1.75 bits per heavy atom. The Kier molecular flexibility index (Phi) is 5.84. The van der Waals surface area contributed by atoms with Crippen LogP contribution < -0.4 is 5.32 Å². The highest BCUT2D eigenvalue weighted by atomic mass is 16.3. The lowest BCUT2D eigenvalue weighted by molar-refractivity contribution is 0.0543. The van der Waals surface area contributed by atoms with Gasteiger partial charge in [0, 0.05) is 11.1 Å². The van der Waals surface area contributed by atoms with Crippen molar-refractivity contribution in [3.63, 3.8) is 0 Å². The van der Waals surface area contributed by atoms with Gasteiger partial charge in [0.25, 0.3) is 0 Å². The van der Waals surface area contributed by atoms with Crippen LogP contribution in [0.2, 0.25) is 0 Å². The molecule has 28 heavy (non-hydrogen) atoms. The number of piperidine rings is 1. The summed E-state index contributed by atoms with van der Waals surface area (Å²) in [4.78, 5) is 12.0. The van der Waals surface area contributed by atoms with Crippen molar-refractivity contribution in [2.24, 2.45) is 5.92 Å². The fourth-order valence-corrected chi connectivity index (χ4v) is 3.98. The maximum atomic E-state index is 10.1. The number of para-hydroxylation sites is 2. The molecule has 1 fully saturated rings. The van der Waals surface area contributed by atoms with Crippen LogP contribution >= 0.6 is 0 Å². The zero-order valence-electron chi connectivity index (χ0n) is 16.4. The summed E-state index contributed by atoms with van der Waals surface area (Å²) in [6.45, 7) is 4.77. The van der Waals surface area contributed by atoms with Crippen molar-refractivity contribution in [2.75, 3.05) is 18.4 Å². The van der Waals surface area contributed by atoms with Gasteiger partial charge >= 0.3 is 0 Å². The first kappa shape index (κ1) is 18.8. The Labute approximate surface area is 166 Å². The Hall–Kier alpha value is -2.50. The minimum Gasteiger partial charge on any atom is -0.393 e. The van der Waals surface area contributed by atoms with E-state index in [4.69, 9.17) is 9.97 Å². The lowest BCUT2D eigenvalue weighted by Crippen LogP contribution is -2.37. The molecule has 4 rings (SSSR count). The number of likely N-dealkylation sites (tertiary alicyclic amines) is 1. The number of benzene rings is 2. The Morgan fingerprint density at radius 1 is 1.04 bits per heavy atom. The average Bonchev–Trinajstić information content (AvgIpc) is 2.74. The number of hydrogen-bond acceptors (Lipinski definition) is 5. The van der Waals surface area contributed by atoms with Crippen LogP contribution in [0.15, 0.2) is 54.6 Å². The van der Waals surface area contributed by atoms with Crippen molar-refractivity contribution in [3.05, 3.63) is 60.4 Å². The molecule has 1 saturated heterocycles. The first-order valence-corrected chi connectivity index (χ1v) is 10.2. The van der Waals surface area contributed by atoms with Gasteiger partial charge in [0.1, 0.15) is 11.6 Å². The molecule has 0 radical (unpaired) electrons. The third-order valence-corrected chi connectivity index (χ3v) is 5.65. The number of aliphatic hydroxyl groups excluding tert-OH is 1. The van der Waals surface area contributed by atoms with Gasteiger partial charge in [-0.1, -0.05) is 37.3 Å². The molecule has 5 nitrogen and oxygen atoms in total. The minimum absolute atomic E-state index is 0.166. The van der Waals surface area contributed by atoms with Gasteiger partial charge in [-0.15, -0.1) is 0 Å². The van der Waals surface area contributed by atoms with Gasteiger partial charge < -0.3 is 10.4 Å². The summed E-state index contributed by atoms with van der Waals surface area (Å²) in [5.41, 5.74) is 1.98. The first-order chi connectivity index (χ1) is 13.7. The Morgan fingerprint density at radius 3 is 2.50 bits per heavy atom. The minimum atomic E-state index is -0.166. The standard InChI is InChI=1S/C23H28N4O/c1-2-21(28)17-12-14-27(15-13-17)16-22-25-20-11-7-6-10-19(20)23(26-22)24-18-8-4-3-5-9-18/h3-11,17,21,28H,2,12-16H2,1H3,(H,24,25,26)/t21-/m1/s1. The topological polar surface area (TPSA) is 61.3 Å². The van der Waals surface area contributed by atoms with Gasteiger partial charge in [-0.25, -0.2) is 9.97 Å². The third kappa shape index (κ3) is 4.32. The molecule has 0 saturated carbocycles. The average molecular weight is 377 g/mol. The summed E-state index contributed by atoms with van der Waals surface area (Å²) in [5.74, 6) is 2.11. The molecule has 0 aliphatic carbocycles. The number of nitrogens with zero attached hydrogens (tertiary/aromatic N) is 3. The Bertz CT molecular complexity index is 907. The zero-order chi connectivity index (χ0) is 19.3. The molecule has 0 unspecified atom stereocenters. The molecule has 2 heterocycles. The molecule has 5 heteroatoms. The monoisotopic (exact) mass is 376 g/mol.